The van der Waals surface area contributed by atoms with Crippen LogP contribution in [-0.4, -0.2) is 32.0 Å². The summed E-state index contributed by atoms with van der Waals surface area (Å²) in [5.41, 5.74) is 5.71. The molecule has 1 saturated carbocycles. The van der Waals surface area contributed by atoms with Gasteiger partial charge in [-0.1, -0.05) is 32.0 Å². The highest BCUT2D eigenvalue weighted by molar-refractivity contribution is 5.97. The summed E-state index contributed by atoms with van der Waals surface area (Å²) >= 11 is 0. The second-order valence-electron chi connectivity index (χ2n) is 10.1. The molecule has 186 valence electrons. The molecule has 0 bridgehead atoms. The topological polar surface area (TPSA) is 99.9 Å². The van der Waals surface area contributed by atoms with Crippen molar-refractivity contribution >= 4 is 27.7 Å². The summed E-state index contributed by atoms with van der Waals surface area (Å²) in [5.74, 6) is 0.956. The lowest BCUT2D eigenvalue weighted by molar-refractivity contribution is 0.126. The van der Waals surface area contributed by atoms with E-state index >= 15 is 0 Å². The number of fused-ring (bicyclic) bond motifs is 2. The summed E-state index contributed by atoms with van der Waals surface area (Å²) in [4.78, 5) is 4.74. The van der Waals surface area contributed by atoms with Crippen LogP contribution in [0.5, 0.6) is 0 Å². The Hall–Kier alpha value is -4.15. The van der Waals surface area contributed by atoms with E-state index in [0.717, 1.165) is 76.1 Å². The quantitative estimate of drug-likeness (QED) is 0.289. The van der Waals surface area contributed by atoms with Crippen LogP contribution in [0.1, 0.15) is 56.7 Å². The molecule has 1 aliphatic rings. The third kappa shape index (κ3) is 4.24. The van der Waals surface area contributed by atoms with Gasteiger partial charge >= 0.3 is 0 Å². The molecule has 0 radical (unpaired) electrons. The zero-order valence-corrected chi connectivity index (χ0v) is 21.0. The van der Waals surface area contributed by atoms with Crippen LogP contribution in [0.15, 0.2) is 65.2 Å². The summed E-state index contributed by atoms with van der Waals surface area (Å²) in [5, 5.41) is 30.2. The number of aromatic nitrogens is 3. The molecule has 1 aliphatic carbocycles. The van der Waals surface area contributed by atoms with Crippen LogP contribution < -0.4 is 5.32 Å². The van der Waals surface area contributed by atoms with E-state index in [4.69, 9.17) is 14.5 Å². The van der Waals surface area contributed by atoms with E-state index in [1.165, 1.54) is 0 Å². The van der Waals surface area contributed by atoms with Crippen LogP contribution in [0.3, 0.4) is 0 Å². The zero-order chi connectivity index (χ0) is 25.5. The predicted molar refractivity (Wildman–Crippen MR) is 145 cm³/mol. The lowest BCUT2D eigenvalue weighted by Crippen LogP contribution is -2.28. The molecule has 2 aromatic carbocycles. The van der Waals surface area contributed by atoms with Crippen molar-refractivity contribution in [3.8, 4) is 23.1 Å². The first-order valence-corrected chi connectivity index (χ1v) is 12.9. The van der Waals surface area contributed by atoms with Gasteiger partial charge in [0.2, 0.25) is 0 Å². The number of anilines is 1. The van der Waals surface area contributed by atoms with E-state index in [1.54, 1.807) is 6.20 Å². The van der Waals surface area contributed by atoms with Crippen molar-refractivity contribution < 1.29 is 9.52 Å². The van der Waals surface area contributed by atoms with E-state index in [1.807, 2.05) is 53.2 Å². The summed E-state index contributed by atoms with van der Waals surface area (Å²) in [6.07, 6.45) is 4.87. The van der Waals surface area contributed by atoms with Gasteiger partial charge in [0.1, 0.15) is 17.4 Å². The highest BCUT2D eigenvalue weighted by Crippen LogP contribution is 2.37. The molecule has 0 saturated heterocycles. The van der Waals surface area contributed by atoms with Crippen LogP contribution in [0.2, 0.25) is 0 Å². The van der Waals surface area contributed by atoms with Crippen LogP contribution in [0, 0.1) is 11.3 Å². The monoisotopic (exact) mass is 491 g/mol. The normalized spacial score (nSPS) is 17.9. The van der Waals surface area contributed by atoms with E-state index in [9.17, 15) is 10.4 Å². The molecule has 3 aromatic heterocycles. The van der Waals surface area contributed by atoms with Gasteiger partial charge in [-0.2, -0.15) is 10.4 Å². The molecule has 0 spiro atoms. The zero-order valence-electron chi connectivity index (χ0n) is 21.0. The Kier molecular flexibility index (Phi) is 5.90. The number of pyridine rings is 1. The SMILES string of the molecule is CC(C)c1nn(-c2ccc(C#N)c(N[C@H]3CC[C@H](O)CC3)c2)c2nccc(-c3cc4ccccc4o3)c12. The van der Waals surface area contributed by atoms with Gasteiger partial charge in [0, 0.05) is 23.2 Å². The Bertz CT molecular complexity index is 1600. The molecule has 3 heterocycles. The maximum atomic E-state index is 9.87. The summed E-state index contributed by atoms with van der Waals surface area (Å²) in [6, 6.07) is 20.3. The van der Waals surface area contributed by atoms with Gasteiger partial charge in [0.15, 0.2) is 5.65 Å². The average Bonchev–Trinajstić information content (AvgIpc) is 3.52. The molecular formula is C30H29N5O2. The number of hydrogen-bond donors (Lipinski definition) is 2. The van der Waals surface area contributed by atoms with Crippen LogP contribution in [0.4, 0.5) is 5.69 Å². The van der Waals surface area contributed by atoms with E-state index in [2.05, 4.69) is 31.3 Å². The van der Waals surface area contributed by atoms with Gasteiger partial charge in [0.25, 0.3) is 0 Å². The molecule has 0 aliphatic heterocycles. The molecule has 6 rings (SSSR count). The Balaban J connectivity index is 1.47. The van der Waals surface area contributed by atoms with Crippen molar-refractivity contribution in [3.05, 3.63) is 72.1 Å². The molecule has 7 heteroatoms. The fourth-order valence-corrected chi connectivity index (χ4v) is 5.29. The highest BCUT2D eigenvalue weighted by Gasteiger charge is 2.23. The molecule has 0 amide bonds. The second kappa shape index (κ2) is 9.38. The number of aliphatic hydroxyl groups excluding tert-OH is 1. The number of nitrogens with zero attached hydrogens (tertiary/aromatic N) is 4. The fraction of sp³-hybridized carbons (Fsp3) is 0.300. The standard InChI is InChI=1S/C30H29N5O2/c1-18(2)29-28-24(27-15-19-5-3-4-6-26(19)37-27)13-14-32-30(28)35(34-29)22-10-7-20(17-31)25(16-22)33-21-8-11-23(36)12-9-21/h3-7,10,13-16,18,21,23,33,36H,8-9,11-12H2,1-2H3/t21-,23-. The third-order valence-electron chi connectivity index (χ3n) is 7.26. The first kappa shape index (κ1) is 23.3. The summed E-state index contributed by atoms with van der Waals surface area (Å²) in [7, 11) is 0. The van der Waals surface area contributed by atoms with Crippen molar-refractivity contribution in [2.75, 3.05) is 5.32 Å². The lowest BCUT2D eigenvalue weighted by atomic mass is 9.93. The second-order valence-corrected chi connectivity index (χ2v) is 10.1. The number of rotatable bonds is 5. The fourth-order valence-electron chi connectivity index (χ4n) is 5.29. The maximum Gasteiger partial charge on any atom is 0.163 e. The largest absolute Gasteiger partial charge is 0.456 e. The smallest absolute Gasteiger partial charge is 0.163 e. The van der Waals surface area contributed by atoms with Gasteiger partial charge in [-0.05, 0) is 68.0 Å². The van der Waals surface area contributed by atoms with Crippen LogP contribution >= 0.6 is 0 Å². The van der Waals surface area contributed by atoms with Crippen molar-refractivity contribution in [3.63, 3.8) is 0 Å². The number of aliphatic hydroxyl groups is 1. The number of furan rings is 1. The molecular weight excluding hydrogens is 462 g/mol. The van der Waals surface area contributed by atoms with Gasteiger partial charge in [-0.3, -0.25) is 0 Å². The highest BCUT2D eigenvalue weighted by atomic mass is 16.3. The maximum absolute atomic E-state index is 9.87. The Morgan fingerprint density at radius 3 is 2.65 bits per heavy atom. The molecule has 2 N–H and O–H groups in total. The third-order valence-corrected chi connectivity index (χ3v) is 7.26. The lowest BCUT2D eigenvalue weighted by Gasteiger charge is -2.27. The molecule has 1 fully saturated rings. The van der Waals surface area contributed by atoms with Crippen molar-refractivity contribution in [2.24, 2.45) is 0 Å². The van der Waals surface area contributed by atoms with Crippen molar-refractivity contribution in [1.29, 1.82) is 5.26 Å². The van der Waals surface area contributed by atoms with E-state index < -0.39 is 0 Å². The number of benzene rings is 2. The van der Waals surface area contributed by atoms with Gasteiger partial charge in [-0.15, -0.1) is 0 Å². The minimum absolute atomic E-state index is 0.167. The Labute approximate surface area is 215 Å². The van der Waals surface area contributed by atoms with Gasteiger partial charge in [0.05, 0.1) is 34.1 Å². The molecule has 0 unspecified atom stereocenters. The minimum atomic E-state index is -0.225. The van der Waals surface area contributed by atoms with Crippen molar-refractivity contribution in [2.45, 2.75) is 57.6 Å². The summed E-state index contributed by atoms with van der Waals surface area (Å²) in [6.45, 7) is 4.26. The van der Waals surface area contributed by atoms with Gasteiger partial charge in [-0.25, -0.2) is 9.67 Å². The molecule has 7 nitrogen and oxygen atoms in total. The van der Waals surface area contributed by atoms with E-state index in [0.29, 0.717) is 5.56 Å². The first-order chi connectivity index (χ1) is 18.0. The number of nitrogens with one attached hydrogen (secondary N) is 1. The Morgan fingerprint density at radius 2 is 1.89 bits per heavy atom. The van der Waals surface area contributed by atoms with E-state index in [-0.39, 0.29) is 18.1 Å². The number of nitriles is 1. The number of para-hydroxylation sites is 1. The van der Waals surface area contributed by atoms with Crippen LogP contribution in [-0.2, 0) is 0 Å². The number of hydrogen-bond acceptors (Lipinski definition) is 6. The van der Waals surface area contributed by atoms with Crippen molar-refractivity contribution in [1.82, 2.24) is 14.8 Å². The first-order valence-electron chi connectivity index (χ1n) is 12.9. The molecule has 0 atom stereocenters. The average molecular weight is 492 g/mol. The molecule has 37 heavy (non-hydrogen) atoms. The predicted octanol–water partition coefficient (Wildman–Crippen LogP) is 6.54. The van der Waals surface area contributed by atoms with Gasteiger partial charge < -0.3 is 14.8 Å². The Morgan fingerprint density at radius 1 is 1.08 bits per heavy atom. The van der Waals surface area contributed by atoms with Crippen LogP contribution in [0.25, 0.3) is 39.0 Å². The minimum Gasteiger partial charge on any atom is -0.456 e. The summed E-state index contributed by atoms with van der Waals surface area (Å²) < 4.78 is 8.09. The molecule has 5 aromatic rings.